The van der Waals surface area contributed by atoms with E-state index in [1.165, 1.54) is 0 Å². The third-order valence-electron chi connectivity index (χ3n) is 1.41. The number of rotatable bonds is 1. The molecule has 0 saturated carbocycles. The molecule has 0 aliphatic carbocycles. The van der Waals surface area contributed by atoms with Crippen LogP contribution < -0.4 is 0 Å². The summed E-state index contributed by atoms with van der Waals surface area (Å²) in [7, 11) is 0. The molecule has 0 unspecified atom stereocenters. The predicted molar refractivity (Wildman–Crippen MR) is 40.8 cm³/mol. The van der Waals surface area contributed by atoms with Gasteiger partial charge in [0.15, 0.2) is 0 Å². The summed E-state index contributed by atoms with van der Waals surface area (Å²) in [5.41, 5.74) is 0.956. The van der Waals surface area contributed by atoms with Crippen LogP contribution in [0.2, 0.25) is 0 Å². The zero-order chi connectivity index (χ0) is 7.52. The van der Waals surface area contributed by atoms with Crippen LogP contribution in [0.25, 0.3) is 11.3 Å². The second kappa shape index (κ2) is 2.58. The van der Waals surface area contributed by atoms with E-state index < -0.39 is 0 Å². The minimum absolute atomic E-state index is 0.828. The van der Waals surface area contributed by atoms with Gasteiger partial charge in [-0.3, -0.25) is 4.98 Å². The van der Waals surface area contributed by atoms with Crippen molar-refractivity contribution in [3.8, 4) is 11.3 Å². The number of pyridine rings is 1. The van der Waals surface area contributed by atoms with Gasteiger partial charge in [0.2, 0.25) is 0 Å². The van der Waals surface area contributed by atoms with E-state index in [-0.39, 0.29) is 0 Å². The number of nitrogens with zero attached hydrogens (tertiary/aromatic N) is 1. The summed E-state index contributed by atoms with van der Waals surface area (Å²) in [4.78, 5) is 3.93. The minimum Gasteiger partial charge on any atom is -0.464 e. The van der Waals surface area contributed by atoms with Crippen molar-refractivity contribution in [2.45, 2.75) is 0 Å². The summed E-state index contributed by atoms with van der Waals surface area (Å²) in [6.45, 7) is 0. The molecule has 11 heavy (non-hydrogen) atoms. The maximum atomic E-state index is 5.16. The molecule has 0 aliphatic rings. The van der Waals surface area contributed by atoms with Gasteiger partial charge in [-0.1, -0.05) is 0 Å². The van der Waals surface area contributed by atoms with Gasteiger partial charge in [0, 0.05) is 24.0 Å². The number of furan rings is 1. The van der Waals surface area contributed by atoms with Gasteiger partial charge in [-0.2, -0.15) is 0 Å². The molecule has 2 aromatic rings. The van der Waals surface area contributed by atoms with Gasteiger partial charge < -0.3 is 4.42 Å². The van der Waals surface area contributed by atoms with Crippen LogP contribution in [-0.2, 0) is 0 Å². The van der Waals surface area contributed by atoms with Gasteiger partial charge in [-0.15, -0.1) is 0 Å². The molecule has 0 fully saturated rings. The second-order valence-corrected chi connectivity index (χ2v) is 2.15. The zero-order valence-corrected chi connectivity index (χ0v) is 5.82. The maximum absolute atomic E-state index is 5.16. The third-order valence-corrected chi connectivity index (χ3v) is 1.41. The van der Waals surface area contributed by atoms with Crippen molar-refractivity contribution in [2.75, 3.05) is 0 Å². The third kappa shape index (κ3) is 1.15. The molecular formula is C9H6NO. The first kappa shape index (κ1) is 6.16. The van der Waals surface area contributed by atoms with Crippen LogP contribution in [0.15, 0.2) is 41.3 Å². The van der Waals surface area contributed by atoms with E-state index in [4.69, 9.17) is 4.42 Å². The Kier molecular flexibility index (Phi) is 1.44. The summed E-state index contributed by atoms with van der Waals surface area (Å²) < 4.78 is 5.16. The smallest absolute Gasteiger partial charge is 0.135 e. The van der Waals surface area contributed by atoms with E-state index in [9.17, 15) is 0 Å². The van der Waals surface area contributed by atoms with E-state index in [2.05, 4.69) is 11.1 Å². The Morgan fingerprint density at radius 2 is 2.45 bits per heavy atom. The van der Waals surface area contributed by atoms with Crippen LogP contribution in [0.3, 0.4) is 0 Å². The van der Waals surface area contributed by atoms with Gasteiger partial charge in [0.1, 0.15) is 5.76 Å². The van der Waals surface area contributed by atoms with Gasteiger partial charge in [-0.25, -0.2) is 0 Å². The quantitative estimate of drug-likeness (QED) is 0.612. The summed E-state index contributed by atoms with van der Waals surface area (Å²) >= 11 is 0. The second-order valence-electron chi connectivity index (χ2n) is 2.15. The zero-order valence-electron chi connectivity index (χ0n) is 5.82. The van der Waals surface area contributed by atoms with E-state index in [1.54, 1.807) is 18.7 Å². The first-order valence-corrected chi connectivity index (χ1v) is 3.32. The molecule has 0 saturated heterocycles. The molecule has 0 N–H and O–H groups in total. The Labute approximate surface area is 64.5 Å². The Morgan fingerprint density at radius 1 is 1.45 bits per heavy atom. The lowest BCUT2D eigenvalue weighted by Crippen LogP contribution is -1.74. The van der Waals surface area contributed by atoms with Crippen molar-refractivity contribution >= 4 is 0 Å². The van der Waals surface area contributed by atoms with Crippen molar-refractivity contribution in [3.05, 3.63) is 42.9 Å². The van der Waals surface area contributed by atoms with Gasteiger partial charge in [0.05, 0.1) is 6.26 Å². The van der Waals surface area contributed by atoms with E-state index in [0.29, 0.717) is 0 Å². The molecule has 0 bridgehead atoms. The molecule has 0 amide bonds. The molecule has 1 radical (unpaired) electrons. The Morgan fingerprint density at radius 3 is 3.09 bits per heavy atom. The summed E-state index contributed by atoms with van der Waals surface area (Å²) in [6, 6.07) is 8.46. The fourth-order valence-corrected chi connectivity index (χ4v) is 0.902. The summed E-state index contributed by atoms with van der Waals surface area (Å²) in [6.07, 6.45) is 5.00. The van der Waals surface area contributed by atoms with Crippen molar-refractivity contribution in [2.24, 2.45) is 0 Å². The molecule has 0 spiro atoms. The molecule has 0 atom stereocenters. The van der Waals surface area contributed by atoms with Crippen molar-refractivity contribution < 1.29 is 4.42 Å². The molecule has 0 aromatic carbocycles. The van der Waals surface area contributed by atoms with Crippen molar-refractivity contribution in [3.63, 3.8) is 0 Å². The largest absolute Gasteiger partial charge is 0.464 e. The highest BCUT2D eigenvalue weighted by atomic mass is 16.3. The first-order chi connectivity index (χ1) is 5.47. The predicted octanol–water partition coefficient (Wildman–Crippen LogP) is 2.14. The van der Waals surface area contributed by atoms with Gasteiger partial charge >= 0.3 is 0 Å². The van der Waals surface area contributed by atoms with Gasteiger partial charge in [-0.05, 0) is 18.2 Å². The van der Waals surface area contributed by atoms with Gasteiger partial charge in [0.25, 0.3) is 0 Å². The lowest BCUT2D eigenvalue weighted by atomic mass is 10.2. The van der Waals surface area contributed by atoms with Crippen LogP contribution in [0, 0.1) is 6.07 Å². The highest BCUT2D eigenvalue weighted by molar-refractivity contribution is 5.54. The molecule has 0 aliphatic heterocycles. The minimum atomic E-state index is 0.828. The average molecular weight is 144 g/mol. The summed E-state index contributed by atoms with van der Waals surface area (Å²) in [5.74, 6) is 0.828. The molecule has 2 rings (SSSR count). The van der Waals surface area contributed by atoms with Crippen LogP contribution >= 0.6 is 0 Å². The number of hydrogen-bond donors (Lipinski definition) is 0. The molecule has 2 heterocycles. The highest BCUT2D eigenvalue weighted by Crippen LogP contribution is 2.16. The monoisotopic (exact) mass is 144 g/mol. The fourth-order valence-electron chi connectivity index (χ4n) is 0.902. The lowest BCUT2D eigenvalue weighted by Gasteiger charge is -1.91. The van der Waals surface area contributed by atoms with Crippen LogP contribution in [0.4, 0.5) is 0 Å². The summed E-state index contributed by atoms with van der Waals surface area (Å²) in [5, 5.41) is 0. The molecule has 2 nitrogen and oxygen atoms in total. The molecular weight excluding hydrogens is 138 g/mol. The number of aromatic nitrogens is 1. The molecule has 2 aromatic heterocycles. The number of hydrogen-bond acceptors (Lipinski definition) is 2. The highest BCUT2D eigenvalue weighted by Gasteiger charge is 1.97. The lowest BCUT2D eigenvalue weighted by molar-refractivity contribution is 0.582. The SMILES string of the molecule is [c]1cncc(-c2ccco2)c1. The molecule has 2 heteroatoms. The Balaban J connectivity index is 2.46. The standard InChI is InChI=1S/C9H6NO/c1-3-8(7-10-5-1)9-4-2-6-11-9/h2-7H. The average Bonchev–Trinajstić information content (AvgIpc) is 2.58. The van der Waals surface area contributed by atoms with E-state index in [0.717, 1.165) is 11.3 Å². The Bertz CT molecular complexity index is 313. The van der Waals surface area contributed by atoms with Crippen molar-refractivity contribution in [1.82, 2.24) is 4.98 Å². The fraction of sp³-hybridized carbons (Fsp3) is 0. The van der Waals surface area contributed by atoms with E-state index in [1.807, 2.05) is 18.2 Å². The maximum Gasteiger partial charge on any atom is 0.135 e. The van der Waals surface area contributed by atoms with E-state index >= 15 is 0 Å². The Hall–Kier alpha value is -1.57. The van der Waals surface area contributed by atoms with Crippen LogP contribution in [0.1, 0.15) is 0 Å². The normalized spacial score (nSPS) is 9.82. The van der Waals surface area contributed by atoms with Crippen molar-refractivity contribution in [1.29, 1.82) is 0 Å². The van der Waals surface area contributed by atoms with Crippen LogP contribution in [0.5, 0.6) is 0 Å². The topological polar surface area (TPSA) is 26.0 Å². The first-order valence-electron chi connectivity index (χ1n) is 3.32. The van der Waals surface area contributed by atoms with Crippen LogP contribution in [-0.4, -0.2) is 4.98 Å². The molecule has 53 valence electrons.